The zero-order valence-electron chi connectivity index (χ0n) is 13.6. The number of rotatable bonds is 4. The highest BCUT2D eigenvalue weighted by atomic mass is 16.5. The van der Waals surface area contributed by atoms with Crippen molar-refractivity contribution in [3.05, 3.63) is 53.2 Å². The van der Waals surface area contributed by atoms with Crippen LogP contribution in [0.5, 0.6) is 5.88 Å². The summed E-state index contributed by atoms with van der Waals surface area (Å²) in [6.45, 7) is 2.85. The van der Waals surface area contributed by atoms with Crippen molar-refractivity contribution in [3.63, 3.8) is 0 Å². The Morgan fingerprint density at radius 1 is 1.29 bits per heavy atom. The van der Waals surface area contributed by atoms with Crippen molar-refractivity contribution in [2.45, 2.75) is 13.3 Å². The minimum atomic E-state index is -0.381. The summed E-state index contributed by atoms with van der Waals surface area (Å²) < 4.78 is 10.2. The van der Waals surface area contributed by atoms with Gasteiger partial charge in [0, 0.05) is 18.4 Å². The number of anilines is 1. The largest absolute Gasteiger partial charge is 0.477 e. The lowest BCUT2D eigenvalue weighted by Gasteiger charge is -2.18. The molecular weight excluding hydrogens is 308 g/mol. The number of fused-ring (bicyclic) bond motifs is 1. The van der Waals surface area contributed by atoms with Crippen LogP contribution in [-0.4, -0.2) is 37.1 Å². The first kappa shape index (κ1) is 16.0. The lowest BCUT2D eigenvalue weighted by Crippen LogP contribution is -2.29. The van der Waals surface area contributed by atoms with Crippen molar-refractivity contribution in [1.29, 1.82) is 0 Å². The van der Waals surface area contributed by atoms with E-state index in [4.69, 9.17) is 9.47 Å². The molecule has 0 radical (unpaired) electrons. The predicted octanol–water partition coefficient (Wildman–Crippen LogP) is 2.47. The number of ether oxygens (including phenoxy) is 2. The van der Waals surface area contributed by atoms with Gasteiger partial charge in [-0.25, -0.2) is 9.78 Å². The van der Waals surface area contributed by atoms with E-state index in [1.54, 1.807) is 41.4 Å². The van der Waals surface area contributed by atoms with Crippen molar-refractivity contribution in [2.75, 3.05) is 25.2 Å². The van der Waals surface area contributed by atoms with E-state index in [-0.39, 0.29) is 11.9 Å². The maximum Gasteiger partial charge on any atom is 0.337 e. The fraction of sp³-hybridized carbons (Fsp3) is 0.278. The molecule has 0 N–H and O–H groups in total. The van der Waals surface area contributed by atoms with Gasteiger partial charge in [-0.15, -0.1) is 0 Å². The number of carbonyl (C=O) groups is 2. The second-order valence-electron chi connectivity index (χ2n) is 5.33. The van der Waals surface area contributed by atoms with Gasteiger partial charge in [0.25, 0.3) is 5.91 Å². The zero-order valence-corrected chi connectivity index (χ0v) is 13.6. The van der Waals surface area contributed by atoms with Gasteiger partial charge in [0.15, 0.2) is 0 Å². The molecule has 0 fully saturated rings. The molecule has 124 valence electrons. The molecule has 1 aromatic carbocycles. The van der Waals surface area contributed by atoms with Gasteiger partial charge in [-0.3, -0.25) is 4.79 Å². The van der Waals surface area contributed by atoms with E-state index in [1.807, 2.05) is 6.92 Å². The fourth-order valence-corrected chi connectivity index (χ4v) is 2.81. The highest BCUT2D eigenvalue weighted by molar-refractivity contribution is 6.09. The third-order valence-electron chi connectivity index (χ3n) is 3.92. The van der Waals surface area contributed by atoms with Crippen molar-refractivity contribution in [3.8, 4) is 5.88 Å². The number of pyridine rings is 1. The van der Waals surface area contributed by atoms with Crippen molar-refractivity contribution in [2.24, 2.45) is 0 Å². The lowest BCUT2D eigenvalue weighted by atomic mass is 10.1. The minimum absolute atomic E-state index is 0.156. The summed E-state index contributed by atoms with van der Waals surface area (Å²) in [6, 6.07) is 8.65. The molecule has 3 rings (SSSR count). The number of aromatic nitrogens is 1. The minimum Gasteiger partial charge on any atom is -0.477 e. The van der Waals surface area contributed by atoms with E-state index >= 15 is 0 Å². The molecule has 0 bridgehead atoms. The topological polar surface area (TPSA) is 68.7 Å². The van der Waals surface area contributed by atoms with Gasteiger partial charge >= 0.3 is 5.97 Å². The van der Waals surface area contributed by atoms with Gasteiger partial charge in [-0.1, -0.05) is 0 Å². The summed E-state index contributed by atoms with van der Waals surface area (Å²) in [5, 5.41) is 0. The summed E-state index contributed by atoms with van der Waals surface area (Å²) in [5.41, 5.74) is 2.68. The molecular formula is C18H18N2O4. The molecule has 0 atom stereocenters. The second-order valence-corrected chi connectivity index (χ2v) is 5.33. The maximum atomic E-state index is 12.9. The first-order chi connectivity index (χ1) is 11.7. The van der Waals surface area contributed by atoms with Crippen LogP contribution in [-0.2, 0) is 11.2 Å². The molecule has 0 spiro atoms. The lowest BCUT2D eigenvalue weighted by molar-refractivity contribution is 0.0600. The number of hydrogen-bond donors (Lipinski definition) is 0. The summed E-state index contributed by atoms with van der Waals surface area (Å²) in [5.74, 6) is -0.200. The number of carbonyl (C=O) groups excluding carboxylic acids is 2. The Balaban J connectivity index is 1.91. The van der Waals surface area contributed by atoms with Gasteiger partial charge in [0.05, 0.1) is 19.3 Å². The predicted molar refractivity (Wildman–Crippen MR) is 88.6 cm³/mol. The Morgan fingerprint density at radius 3 is 2.88 bits per heavy atom. The molecule has 6 nitrogen and oxygen atoms in total. The second kappa shape index (κ2) is 6.70. The number of esters is 1. The van der Waals surface area contributed by atoms with Crippen LogP contribution in [0, 0.1) is 0 Å². The molecule has 1 aromatic heterocycles. The van der Waals surface area contributed by atoms with Crippen LogP contribution in [0.4, 0.5) is 5.69 Å². The third-order valence-corrected chi connectivity index (χ3v) is 3.92. The quantitative estimate of drug-likeness (QED) is 0.807. The van der Waals surface area contributed by atoms with E-state index in [0.717, 1.165) is 11.3 Å². The first-order valence-electron chi connectivity index (χ1n) is 7.76. The fourth-order valence-electron chi connectivity index (χ4n) is 2.81. The Kier molecular flexibility index (Phi) is 4.46. The summed E-state index contributed by atoms with van der Waals surface area (Å²) >= 11 is 0. The summed E-state index contributed by atoms with van der Waals surface area (Å²) in [4.78, 5) is 30.4. The van der Waals surface area contributed by atoms with Gasteiger partial charge in [-0.05, 0) is 49.2 Å². The maximum absolute atomic E-state index is 12.9. The summed E-state index contributed by atoms with van der Waals surface area (Å²) in [7, 11) is 1.35. The Hall–Kier alpha value is -2.89. The monoisotopic (exact) mass is 326 g/mol. The number of benzene rings is 1. The Labute approximate surface area is 140 Å². The SMILES string of the molecule is CCOc1ncccc1C(=O)N1CCc2cc(C(=O)OC)ccc21. The van der Waals surface area contributed by atoms with Crippen LogP contribution in [0.1, 0.15) is 33.2 Å². The van der Waals surface area contributed by atoms with Gasteiger partial charge in [-0.2, -0.15) is 0 Å². The van der Waals surface area contributed by atoms with Crippen molar-refractivity contribution in [1.82, 2.24) is 4.98 Å². The molecule has 1 aliphatic rings. The molecule has 0 aliphatic carbocycles. The standard InChI is InChI=1S/C18H18N2O4/c1-3-24-16-14(5-4-9-19-16)17(21)20-10-8-12-11-13(18(22)23-2)6-7-15(12)20/h4-7,9,11H,3,8,10H2,1-2H3. The average molecular weight is 326 g/mol. The average Bonchev–Trinajstić information content (AvgIpc) is 3.04. The molecule has 1 aliphatic heterocycles. The highest BCUT2D eigenvalue weighted by Gasteiger charge is 2.28. The molecule has 24 heavy (non-hydrogen) atoms. The summed E-state index contributed by atoms with van der Waals surface area (Å²) in [6.07, 6.45) is 2.29. The molecule has 2 heterocycles. The first-order valence-corrected chi connectivity index (χ1v) is 7.76. The van der Waals surface area contributed by atoms with Crippen LogP contribution in [0.2, 0.25) is 0 Å². The van der Waals surface area contributed by atoms with E-state index < -0.39 is 0 Å². The number of hydrogen-bond acceptors (Lipinski definition) is 5. The van der Waals surface area contributed by atoms with E-state index in [0.29, 0.717) is 36.6 Å². The van der Waals surface area contributed by atoms with Gasteiger partial charge in [0.1, 0.15) is 5.56 Å². The molecule has 0 saturated carbocycles. The normalized spacial score (nSPS) is 12.7. The highest BCUT2D eigenvalue weighted by Crippen LogP contribution is 2.31. The van der Waals surface area contributed by atoms with Crippen molar-refractivity contribution >= 4 is 17.6 Å². The van der Waals surface area contributed by atoms with Crippen LogP contribution < -0.4 is 9.64 Å². The molecule has 6 heteroatoms. The van der Waals surface area contributed by atoms with Gasteiger partial charge in [0.2, 0.25) is 5.88 Å². The smallest absolute Gasteiger partial charge is 0.337 e. The van der Waals surface area contributed by atoms with Crippen LogP contribution >= 0.6 is 0 Å². The number of amides is 1. The van der Waals surface area contributed by atoms with Crippen LogP contribution in [0.25, 0.3) is 0 Å². The van der Waals surface area contributed by atoms with Crippen LogP contribution in [0.3, 0.4) is 0 Å². The Morgan fingerprint density at radius 2 is 2.12 bits per heavy atom. The van der Waals surface area contributed by atoms with Gasteiger partial charge < -0.3 is 14.4 Å². The molecule has 0 saturated heterocycles. The molecule has 1 amide bonds. The van der Waals surface area contributed by atoms with Crippen LogP contribution in [0.15, 0.2) is 36.5 Å². The molecule has 0 unspecified atom stereocenters. The molecule has 2 aromatic rings. The van der Waals surface area contributed by atoms with E-state index in [1.165, 1.54) is 7.11 Å². The Bertz CT molecular complexity index is 788. The zero-order chi connectivity index (χ0) is 17.1. The van der Waals surface area contributed by atoms with E-state index in [2.05, 4.69) is 4.98 Å². The van der Waals surface area contributed by atoms with Crippen molar-refractivity contribution < 1.29 is 19.1 Å². The number of methoxy groups -OCH3 is 1. The van der Waals surface area contributed by atoms with E-state index in [9.17, 15) is 9.59 Å². The number of nitrogens with zero attached hydrogens (tertiary/aromatic N) is 2. The third kappa shape index (κ3) is 2.82.